The summed E-state index contributed by atoms with van der Waals surface area (Å²) in [6.45, 7) is 4.04. The fraction of sp³-hybridized carbons (Fsp3) is 0.290. The number of ether oxygens (including phenoxy) is 2. The Hall–Kier alpha value is -3.88. The molecule has 0 saturated heterocycles. The molecule has 0 saturated carbocycles. The molecule has 0 amide bonds. The van der Waals surface area contributed by atoms with Gasteiger partial charge in [-0.1, -0.05) is 67.4 Å². The SMILES string of the molecule is CCCCn1c(-c2ccccc2)nc(Cl)c1CC(NCc1ccc(C(=O)O)cc1F)c1ccc2c(c1)OCCO2. The fourth-order valence-electron chi connectivity index (χ4n) is 4.85. The number of hydrogen-bond donors (Lipinski definition) is 2. The van der Waals surface area contributed by atoms with E-state index in [9.17, 15) is 14.3 Å². The van der Waals surface area contributed by atoms with E-state index in [2.05, 4.69) is 16.8 Å². The van der Waals surface area contributed by atoms with Crippen molar-refractivity contribution >= 4 is 17.6 Å². The summed E-state index contributed by atoms with van der Waals surface area (Å²) in [5.41, 5.74) is 3.06. The van der Waals surface area contributed by atoms with Crippen molar-refractivity contribution in [3.05, 3.63) is 100 Å². The third-order valence-corrected chi connectivity index (χ3v) is 7.30. The Morgan fingerprint density at radius 2 is 1.88 bits per heavy atom. The fourth-order valence-corrected chi connectivity index (χ4v) is 5.11. The number of halogens is 2. The third-order valence-electron chi connectivity index (χ3n) is 7.00. The van der Waals surface area contributed by atoms with E-state index in [1.807, 2.05) is 48.5 Å². The molecule has 2 N–H and O–H groups in total. The molecule has 1 unspecified atom stereocenters. The predicted octanol–water partition coefficient (Wildman–Crippen LogP) is 6.69. The molecule has 7 nitrogen and oxygen atoms in total. The molecule has 0 radical (unpaired) electrons. The molecule has 208 valence electrons. The molecule has 4 aromatic rings. The quantitative estimate of drug-likeness (QED) is 0.211. The van der Waals surface area contributed by atoms with Crippen molar-refractivity contribution in [3.8, 4) is 22.9 Å². The Balaban J connectivity index is 1.50. The highest BCUT2D eigenvalue weighted by molar-refractivity contribution is 6.30. The Bertz CT molecular complexity index is 1490. The minimum absolute atomic E-state index is 0.0929. The zero-order valence-corrected chi connectivity index (χ0v) is 23.0. The number of benzene rings is 3. The van der Waals surface area contributed by atoms with Gasteiger partial charge in [0.15, 0.2) is 16.7 Å². The highest BCUT2D eigenvalue weighted by atomic mass is 35.5. The molecule has 0 aliphatic carbocycles. The lowest BCUT2D eigenvalue weighted by Gasteiger charge is -2.24. The molecule has 0 fully saturated rings. The number of rotatable bonds is 11. The molecular weight excluding hydrogens is 533 g/mol. The Morgan fingerprint density at radius 1 is 1.10 bits per heavy atom. The highest BCUT2D eigenvalue weighted by Gasteiger charge is 2.24. The van der Waals surface area contributed by atoms with E-state index >= 15 is 0 Å². The zero-order valence-electron chi connectivity index (χ0n) is 22.2. The molecule has 9 heteroatoms. The van der Waals surface area contributed by atoms with Gasteiger partial charge >= 0.3 is 5.97 Å². The van der Waals surface area contributed by atoms with Crippen molar-refractivity contribution in [2.24, 2.45) is 0 Å². The topological polar surface area (TPSA) is 85.6 Å². The average Bonchev–Trinajstić information content (AvgIpc) is 3.29. The number of nitrogens with one attached hydrogen (secondary N) is 1. The van der Waals surface area contributed by atoms with E-state index in [0.717, 1.165) is 48.1 Å². The Morgan fingerprint density at radius 3 is 2.60 bits per heavy atom. The van der Waals surface area contributed by atoms with Crippen LogP contribution in [0.15, 0.2) is 66.7 Å². The van der Waals surface area contributed by atoms with Crippen LogP contribution in [0, 0.1) is 5.82 Å². The number of carboxylic acid groups (broad SMARTS) is 1. The number of hydrogen-bond acceptors (Lipinski definition) is 5. The van der Waals surface area contributed by atoms with Gasteiger partial charge in [0.2, 0.25) is 0 Å². The predicted molar refractivity (Wildman–Crippen MR) is 152 cm³/mol. The average molecular weight is 564 g/mol. The minimum atomic E-state index is -1.17. The number of unbranched alkanes of at least 4 members (excludes halogenated alkanes) is 1. The summed E-state index contributed by atoms with van der Waals surface area (Å²) in [6.07, 6.45) is 2.46. The number of aromatic nitrogens is 2. The first-order chi connectivity index (χ1) is 19.4. The van der Waals surface area contributed by atoms with Crippen molar-refractivity contribution < 1.29 is 23.8 Å². The summed E-state index contributed by atoms with van der Waals surface area (Å²) in [5.74, 6) is 0.400. The summed E-state index contributed by atoms with van der Waals surface area (Å²) in [5, 5.41) is 13.1. The van der Waals surface area contributed by atoms with E-state index in [1.165, 1.54) is 12.1 Å². The Labute approximate surface area is 237 Å². The molecule has 40 heavy (non-hydrogen) atoms. The maximum absolute atomic E-state index is 14.8. The zero-order chi connectivity index (χ0) is 28.1. The van der Waals surface area contributed by atoms with Crippen LogP contribution in [0.1, 0.15) is 53.0 Å². The standard InChI is InChI=1S/C31H31ClFN3O4/c1-2-3-13-36-26(29(32)35-30(36)20-7-5-4-6-8-20)18-25(21-11-12-27-28(17-21)40-15-14-39-27)34-19-23-10-9-22(31(37)38)16-24(23)33/h4-12,16-17,25,34H,2-3,13-15,18-19H2,1H3,(H,37,38). The van der Waals surface area contributed by atoms with Crippen LogP contribution < -0.4 is 14.8 Å². The van der Waals surface area contributed by atoms with E-state index in [1.54, 1.807) is 0 Å². The van der Waals surface area contributed by atoms with Crippen LogP contribution in [0.25, 0.3) is 11.4 Å². The molecule has 2 heterocycles. The first-order valence-corrected chi connectivity index (χ1v) is 13.8. The molecule has 1 atom stereocenters. The van der Waals surface area contributed by atoms with Crippen molar-refractivity contribution in [2.75, 3.05) is 13.2 Å². The molecule has 0 spiro atoms. The smallest absolute Gasteiger partial charge is 0.335 e. The molecule has 5 rings (SSSR count). The number of carboxylic acids is 1. The normalized spacial score (nSPS) is 13.3. The molecule has 0 bridgehead atoms. The van der Waals surface area contributed by atoms with Gasteiger partial charge in [-0.2, -0.15) is 0 Å². The minimum Gasteiger partial charge on any atom is -0.486 e. The van der Waals surface area contributed by atoms with Gasteiger partial charge in [-0.25, -0.2) is 14.2 Å². The van der Waals surface area contributed by atoms with Crippen molar-refractivity contribution in [2.45, 2.75) is 45.3 Å². The van der Waals surface area contributed by atoms with E-state index < -0.39 is 11.8 Å². The van der Waals surface area contributed by atoms with Gasteiger partial charge in [-0.3, -0.25) is 0 Å². The number of aromatic carboxylic acids is 1. The molecule has 1 aromatic heterocycles. The number of imidazole rings is 1. The summed E-state index contributed by atoms with van der Waals surface area (Å²) >= 11 is 6.80. The first-order valence-electron chi connectivity index (χ1n) is 13.4. The van der Waals surface area contributed by atoms with Crippen molar-refractivity contribution in [1.29, 1.82) is 0 Å². The summed E-state index contributed by atoms with van der Waals surface area (Å²) in [4.78, 5) is 16.0. The van der Waals surface area contributed by atoms with Gasteiger partial charge in [0.25, 0.3) is 0 Å². The van der Waals surface area contributed by atoms with Gasteiger partial charge in [0.05, 0.1) is 11.3 Å². The summed E-state index contributed by atoms with van der Waals surface area (Å²) < 4.78 is 28.5. The van der Waals surface area contributed by atoms with Crippen LogP contribution in [0.2, 0.25) is 5.15 Å². The highest BCUT2D eigenvalue weighted by Crippen LogP contribution is 2.35. The van der Waals surface area contributed by atoms with Crippen LogP contribution in [-0.4, -0.2) is 33.8 Å². The molecular formula is C31H31ClFN3O4. The van der Waals surface area contributed by atoms with Gasteiger partial charge in [0, 0.05) is 36.7 Å². The maximum Gasteiger partial charge on any atom is 0.335 e. The second-order valence-corrected chi connectivity index (χ2v) is 10.1. The number of fused-ring (bicyclic) bond motifs is 1. The lowest BCUT2D eigenvalue weighted by molar-refractivity contribution is 0.0696. The molecule has 3 aromatic carbocycles. The lowest BCUT2D eigenvalue weighted by Crippen LogP contribution is -2.25. The lowest BCUT2D eigenvalue weighted by atomic mass is 10.00. The van der Waals surface area contributed by atoms with Crippen LogP contribution in [-0.2, 0) is 19.5 Å². The van der Waals surface area contributed by atoms with Crippen LogP contribution in [0.4, 0.5) is 4.39 Å². The second-order valence-electron chi connectivity index (χ2n) is 9.70. The second kappa shape index (κ2) is 12.5. The number of nitrogens with zero attached hydrogens (tertiary/aromatic N) is 2. The van der Waals surface area contributed by atoms with E-state index in [4.69, 9.17) is 26.1 Å². The van der Waals surface area contributed by atoms with Crippen LogP contribution in [0.3, 0.4) is 0 Å². The first kappa shape index (κ1) is 27.7. The Kier molecular flexibility index (Phi) is 8.67. The summed E-state index contributed by atoms with van der Waals surface area (Å²) in [7, 11) is 0. The molecule has 1 aliphatic rings. The monoisotopic (exact) mass is 563 g/mol. The van der Waals surface area contributed by atoms with Crippen LogP contribution >= 0.6 is 11.6 Å². The van der Waals surface area contributed by atoms with Gasteiger partial charge in [0.1, 0.15) is 24.9 Å². The van der Waals surface area contributed by atoms with E-state index in [0.29, 0.717) is 41.9 Å². The van der Waals surface area contributed by atoms with Crippen molar-refractivity contribution in [3.63, 3.8) is 0 Å². The van der Waals surface area contributed by atoms with Gasteiger partial charge in [-0.05, 0) is 36.2 Å². The third kappa shape index (κ3) is 6.13. The molecule has 1 aliphatic heterocycles. The van der Waals surface area contributed by atoms with Crippen LogP contribution in [0.5, 0.6) is 11.5 Å². The van der Waals surface area contributed by atoms with Gasteiger partial charge < -0.3 is 24.5 Å². The van der Waals surface area contributed by atoms with E-state index in [-0.39, 0.29) is 18.2 Å². The van der Waals surface area contributed by atoms with Crippen molar-refractivity contribution in [1.82, 2.24) is 14.9 Å². The summed E-state index contributed by atoms with van der Waals surface area (Å²) in [6, 6.07) is 19.4. The van der Waals surface area contributed by atoms with Gasteiger partial charge in [-0.15, -0.1) is 0 Å². The number of carbonyl (C=O) groups is 1. The largest absolute Gasteiger partial charge is 0.486 e. The maximum atomic E-state index is 14.8.